The van der Waals surface area contributed by atoms with Crippen LogP contribution in [-0.4, -0.2) is 27.1 Å². The van der Waals surface area contributed by atoms with Gasteiger partial charge in [-0.3, -0.25) is 4.57 Å². The summed E-state index contributed by atoms with van der Waals surface area (Å²) in [4.78, 5) is 9.25. The van der Waals surface area contributed by atoms with Gasteiger partial charge in [0.05, 0.1) is 0 Å². The van der Waals surface area contributed by atoms with Gasteiger partial charge in [0.2, 0.25) is 0 Å². The quantitative estimate of drug-likeness (QED) is 0.807. The number of benzene rings is 1. The molecule has 4 nitrogen and oxygen atoms in total. The van der Waals surface area contributed by atoms with E-state index in [4.69, 9.17) is 4.98 Å². The Morgan fingerprint density at radius 2 is 2.04 bits per heavy atom. The summed E-state index contributed by atoms with van der Waals surface area (Å²) >= 11 is 0. The number of pyridine rings is 1. The van der Waals surface area contributed by atoms with Crippen LogP contribution in [0.1, 0.15) is 25.1 Å². The van der Waals surface area contributed by atoms with Gasteiger partial charge in [0.1, 0.15) is 17.2 Å². The largest absolute Gasteiger partial charge is 0.314 e. The Morgan fingerprint density at radius 1 is 1.17 bits per heavy atom. The van der Waals surface area contributed by atoms with E-state index in [2.05, 4.69) is 10.3 Å². The summed E-state index contributed by atoms with van der Waals surface area (Å²) in [5, 5.41) is 3.57. The van der Waals surface area contributed by atoms with Crippen molar-refractivity contribution in [2.45, 2.75) is 31.7 Å². The normalized spacial score (nSPS) is 18.4. The average molecular weight is 310 g/mol. The lowest BCUT2D eigenvalue weighted by atomic mass is 10.0. The van der Waals surface area contributed by atoms with E-state index in [0.29, 0.717) is 6.04 Å². The lowest BCUT2D eigenvalue weighted by Gasteiger charge is -2.23. The van der Waals surface area contributed by atoms with E-state index in [9.17, 15) is 4.39 Å². The minimum Gasteiger partial charge on any atom is -0.314 e. The highest BCUT2D eigenvalue weighted by Gasteiger charge is 2.19. The van der Waals surface area contributed by atoms with E-state index in [0.717, 1.165) is 35.6 Å². The Hall–Kier alpha value is -2.27. The van der Waals surface area contributed by atoms with E-state index in [1.54, 1.807) is 18.3 Å². The molecule has 4 rings (SSSR count). The Kier molecular flexibility index (Phi) is 3.79. The van der Waals surface area contributed by atoms with Crippen molar-refractivity contribution < 1.29 is 4.39 Å². The van der Waals surface area contributed by atoms with Gasteiger partial charge in [0.25, 0.3) is 0 Å². The van der Waals surface area contributed by atoms with Gasteiger partial charge in [-0.25, -0.2) is 14.4 Å². The SMILES string of the molecule is Fc1ccc(-n2c(CC3CCCCN3)nc3cccnc32)cc1. The maximum Gasteiger partial charge on any atom is 0.164 e. The van der Waals surface area contributed by atoms with Gasteiger partial charge in [-0.2, -0.15) is 0 Å². The first-order chi connectivity index (χ1) is 11.3. The molecule has 1 fully saturated rings. The number of imidazole rings is 1. The van der Waals surface area contributed by atoms with Crippen LogP contribution in [0.3, 0.4) is 0 Å². The molecule has 1 aromatic carbocycles. The monoisotopic (exact) mass is 310 g/mol. The van der Waals surface area contributed by atoms with Crippen LogP contribution in [0.4, 0.5) is 4.39 Å². The Labute approximate surface area is 134 Å². The van der Waals surface area contributed by atoms with Crippen molar-refractivity contribution in [2.75, 3.05) is 6.54 Å². The molecule has 118 valence electrons. The molecule has 1 saturated heterocycles. The molecule has 0 bridgehead atoms. The molecule has 1 unspecified atom stereocenters. The van der Waals surface area contributed by atoms with E-state index < -0.39 is 0 Å². The molecule has 1 aliphatic heterocycles. The highest BCUT2D eigenvalue weighted by atomic mass is 19.1. The van der Waals surface area contributed by atoms with Crippen molar-refractivity contribution in [3.63, 3.8) is 0 Å². The third-order valence-electron chi connectivity index (χ3n) is 4.41. The average Bonchev–Trinajstić information content (AvgIpc) is 2.94. The third kappa shape index (κ3) is 2.84. The van der Waals surface area contributed by atoms with E-state index in [-0.39, 0.29) is 5.82 Å². The number of hydrogen-bond acceptors (Lipinski definition) is 3. The summed E-state index contributed by atoms with van der Waals surface area (Å²) in [6.07, 6.45) is 6.29. The maximum absolute atomic E-state index is 13.3. The molecule has 0 saturated carbocycles. The van der Waals surface area contributed by atoms with Crippen LogP contribution in [0.15, 0.2) is 42.6 Å². The van der Waals surface area contributed by atoms with Crippen LogP contribution >= 0.6 is 0 Å². The molecule has 23 heavy (non-hydrogen) atoms. The number of nitrogens with zero attached hydrogens (tertiary/aromatic N) is 3. The van der Waals surface area contributed by atoms with Crippen LogP contribution in [0.25, 0.3) is 16.9 Å². The van der Waals surface area contributed by atoms with Crippen molar-refractivity contribution in [3.05, 3.63) is 54.2 Å². The van der Waals surface area contributed by atoms with Crippen LogP contribution in [0.2, 0.25) is 0 Å². The maximum atomic E-state index is 13.3. The molecular formula is C18H19FN4. The van der Waals surface area contributed by atoms with Crippen molar-refractivity contribution >= 4 is 11.2 Å². The van der Waals surface area contributed by atoms with Crippen LogP contribution in [0.5, 0.6) is 0 Å². The minimum atomic E-state index is -0.235. The molecule has 0 amide bonds. The molecule has 0 aliphatic carbocycles. The number of halogens is 1. The summed E-state index contributed by atoms with van der Waals surface area (Å²) in [6, 6.07) is 10.8. The predicted octanol–water partition coefficient (Wildman–Crippen LogP) is 3.24. The Bertz CT molecular complexity index is 804. The second-order valence-corrected chi connectivity index (χ2v) is 6.04. The summed E-state index contributed by atoms with van der Waals surface area (Å²) < 4.78 is 15.3. The van der Waals surface area contributed by atoms with Gasteiger partial charge < -0.3 is 5.32 Å². The van der Waals surface area contributed by atoms with E-state index in [1.165, 1.54) is 31.4 Å². The first-order valence-electron chi connectivity index (χ1n) is 8.13. The van der Waals surface area contributed by atoms with Crippen molar-refractivity contribution in [1.29, 1.82) is 0 Å². The van der Waals surface area contributed by atoms with Crippen LogP contribution in [-0.2, 0) is 6.42 Å². The molecule has 1 aliphatic rings. The molecule has 3 heterocycles. The number of nitrogens with one attached hydrogen (secondary N) is 1. The number of piperidine rings is 1. The highest BCUT2D eigenvalue weighted by molar-refractivity contribution is 5.73. The van der Waals surface area contributed by atoms with E-state index in [1.807, 2.05) is 16.7 Å². The van der Waals surface area contributed by atoms with Gasteiger partial charge >= 0.3 is 0 Å². The fourth-order valence-corrected chi connectivity index (χ4v) is 3.28. The topological polar surface area (TPSA) is 42.7 Å². The molecule has 0 radical (unpaired) electrons. The molecule has 5 heteroatoms. The first kappa shape index (κ1) is 14.3. The van der Waals surface area contributed by atoms with Gasteiger partial charge in [0, 0.05) is 24.3 Å². The molecule has 3 aromatic rings. The predicted molar refractivity (Wildman–Crippen MR) is 88.2 cm³/mol. The fraction of sp³-hybridized carbons (Fsp3) is 0.333. The standard InChI is InChI=1S/C18H19FN4/c19-13-6-8-15(9-7-13)23-17(12-14-4-1-2-10-20-14)22-16-5-3-11-21-18(16)23/h3,5-9,11,14,20H,1-2,4,10,12H2. The molecule has 0 spiro atoms. The minimum absolute atomic E-state index is 0.235. The summed E-state index contributed by atoms with van der Waals surface area (Å²) in [7, 11) is 0. The number of rotatable bonds is 3. The number of hydrogen-bond donors (Lipinski definition) is 1. The second-order valence-electron chi connectivity index (χ2n) is 6.04. The first-order valence-corrected chi connectivity index (χ1v) is 8.13. The molecule has 1 N–H and O–H groups in total. The Balaban J connectivity index is 1.79. The Morgan fingerprint density at radius 3 is 2.83 bits per heavy atom. The van der Waals surface area contributed by atoms with Gasteiger partial charge in [-0.05, 0) is 55.8 Å². The lowest BCUT2D eigenvalue weighted by molar-refractivity contribution is 0.393. The molecule has 2 aromatic heterocycles. The summed E-state index contributed by atoms with van der Waals surface area (Å²) in [6.45, 7) is 1.07. The lowest BCUT2D eigenvalue weighted by Crippen LogP contribution is -2.36. The third-order valence-corrected chi connectivity index (χ3v) is 4.41. The van der Waals surface area contributed by atoms with Crippen LogP contribution in [0, 0.1) is 5.82 Å². The zero-order valence-electron chi connectivity index (χ0n) is 12.9. The van der Waals surface area contributed by atoms with Crippen molar-refractivity contribution in [2.24, 2.45) is 0 Å². The zero-order chi connectivity index (χ0) is 15.6. The van der Waals surface area contributed by atoms with Crippen molar-refractivity contribution in [1.82, 2.24) is 19.9 Å². The van der Waals surface area contributed by atoms with Crippen LogP contribution < -0.4 is 5.32 Å². The van der Waals surface area contributed by atoms with Gasteiger partial charge in [-0.1, -0.05) is 6.42 Å². The van der Waals surface area contributed by atoms with Crippen molar-refractivity contribution in [3.8, 4) is 5.69 Å². The second kappa shape index (κ2) is 6.08. The molecular weight excluding hydrogens is 291 g/mol. The summed E-state index contributed by atoms with van der Waals surface area (Å²) in [5.74, 6) is 0.742. The summed E-state index contributed by atoms with van der Waals surface area (Å²) in [5.41, 5.74) is 2.60. The smallest absolute Gasteiger partial charge is 0.164 e. The van der Waals surface area contributed by atoms with E-state index >= 15 is 0 Å². The fourth-order valence-electron chi connectivity index (χ4n) is 3.28. The number of aromatic nitrogens is 3. The van der Waals surface area contributed by atoms with Gasteiger partial charge in [0.15, 0.2) is 5.65 Å². The number of fused-ring (bicyclic) bond motifs is 1. The highest BCUT2D eigenvalue weighted by Crippen LogP contribution is 2.22. The zero-order valence-corrected chi connectivity index (χ0v) is 12.9. The van der Waals surface area contributed by atoms with Gasteiger partial charge in [-0.15, -0.1) is 0 Å². The molecule has 1 atom stereocenters.